The van der Waals surface area contributed by atoms with E-state index in [0.29, 0.717) is 0 Å². The summed E-state index contributed by atoms with van der Waals surface area (Å²) in [5.74, 6) is -1.36. The van der Waals surface area contributed by atoms with Gasteiger partial charge in [0.1, 0.15) is 0 Å². The van der Waals surface area contributed by atoms with Crippen LogP contribution in [-0.4, -0.2) is 5.91 Å². The van der Waals surface area contributed by atoms with Crippen molar-refractivity contribution in [2.45, 2.75) is 19.0 Å². The summed E-state index contributed by atoms with van der Waals surface area (Å²) in [5.41, 5.74) is 4.51. The minimum Gasteiger partial charge on any atom is -0.369 e. The molecule has 1 atom stereocenters. The van der Waals surface area contributed by atoms with Crippen LogP contribution in [0.4, 0.5) is 13.2 Å². The van der Waals surface area contributed by atoms with E-state index in [1.165, 1.54) is 19.1 Å². The van der Waals surface area contributed by atoms with Crippen molar-refractivity contribution < 1.29 is 18.0 Å². The van der Waals surface area contributed by atoms with E-state index in [1.54, 1.807) is 0 Å². The first-order chi connectivity index (χ1) is 6.82. The normalized spacial score (nSPS) is 13.6. The van der Waals surface area contributed by atoms with Crippen molar-refractivity contribution in [3.8, 4) is 0 Å². The number of alkyl halides is 3. The number of amides is 1. The highest BCUT2D eigenvalue weighted by Gasteiger charge is 2.30. The molecule has 0 unspecified atom stereocenters. The fourth-order valence-electron chi connectivity index (χ4n) is 1.15. The van der Waals surface area contributed by atoms with E-state index in [2.05, 4.69) is 0 Å². The van der Waals surface area contributed by atoms with E-state index < -0.39 is 23.6 Å². The number of carbonyl (C=O) groups excluding carboxylic acids is 1. The van der Waals surface area contributed by atoms with Crippen LogP contribution < -0.4 is 5.73 Å². The molecule has 0 spiro atoms. The van der Waals surface area contributed by atoms with Crippen LogP contribution >= 0.6 is 0 Å². The predicted molar refractivity (Wildman–Crippen MR) is 49.1 cm³/mol. The van der Waals surface area contributed by atoms with Crippen LogP contribution in [0, 0.1) is 0 Å². The Labute approximate surface area is 84.9 Å². The van der Waals surface area contributed by atoms with Crippen LogP contribution in [0.3, 0.4) is 0 Å². The maximum absolute atomic E-state index is 12.3. The molecular formula is C10H10F3NO. The number of rotatable bonds is 2. The zero-order chi connectivity index (χ0) is 11.6. The van der Waals surface area contributed by atoms with Gasteiger partial charge in [0.15, 0.2) is 0 Å². The number of nitrogens with two attached hydrogens (primary N) is 1. The summed E-state index contributed by atoms with van der Waals surface area (Å²) >= 11 is 0. The van der Waals surface area contributed by atoms with Gasteiger partial charge in [-0.05, 0) is 18.6 Å². The quantitative estimate of drug-likeness (QED) is 0.811. The first-order valence-electron chi connectivity index (χ1n) is 4.29. The molecule has 0 aliphatic rings. The van der Waals surface area contributed by atoms with Crippen LogP contribution in [0.25, 0.3) is 0 Å². The molecule has 15 heavy (non-hydrogen) atoms. The molecule has 2 nitrogen and oxygen atoms in total. The summed E-state index contributed by atoms with van der Waals surface area (Å²) < 4.78 is 36.9. The molecule has 0 bridgehead atoms. The fraction of sp³-hybridized carbons (Fsp3) is 0.300. The molecule has 1 aromatic rings. The first-order valence-corrected chi connectivity index (χ1v) is 4.29. The van der Waals surface area contributed by atoms with Crippen molar-refractivity contribution in [1.29, 1.82) is 0 Å². The van der Waals surface area contributed by atoms with Gasteiger partial charge in [0.2, 0.25) is 5.91 Å². The Bertz CT molecular complexity index is 373. The van der Waals surface area contributed by atoms with E-state index in [1.807, 2.05) is 0 Å². The standard InChI is InChI=1S/C10H10F3NO/c1-6(9(14)15)7-3-2-4-8(5-7)10(11,12)13/h2-6H,1H3,(H2,14,15)/t6-/m1/s1. The van der Waals surface area contributed by atoms with E-state index in [4.69, 9.17) is 5.73 Å². The maximum atomic E-state index is 12.3. The van der Waals surface area contributed by atoms with Crippen molar-refractivity contribution >= 4 is 5.91 Å². The third-order valence-corrected chi connectivity index (χ3v) is 2.14. The second-order valence-electron chi connectivity index (χ2n) is 3.25. The Hall–Kier alpha value is -1.52. The maximum Gasteiger partial charge on any atom is 0.416 e. The second-order valence-corrected chi connectivity index (χ2v) is 3.25. The Morgan fingerprint density at radius 2 is 2.00 bits per heavy atom. The predicted octanol–water partition coefficient (Wildman–Crippen LogP) is 2.29. The van der Waals surface area contributed by atoms with Crippen molar-refractivity contribution in [2.24, 2.45) is 5.73 Å². The SMILES string of the molecule is C[C@@H](C(N)=O)c1cccc(C(F)(F)F)c1. The third-order valence-electron chi connectivity index (χ3n) is 2.14. The molecule has 1 amide bonds. The van der Waals surface area contributed by atoms with E-state index >= 15 is 0 Å². The average molecular weight is 217 g/mol. The number of carbonyl (C=O) groups is 1. The molecule has 2 N–H and O–H groups in total. The highest BCUT2D eigenvalue weighted by molar-refractivity contribution is 5.81. The Morgan fingerprint density at radius 1 is 1.40 bits per heavy atom. The molecule has 0 saturated heterocycles. The van der Waals surface area contributed by atoms with Crippen LogP contribution in [-0.2, 0) is 11.0 Å². The molecule has 1 aromatic carbocycles. The van der Waals surface area contributed by atoms with E-state index in [-0.39, 0.29) is 5.56 Å². The Balaban J connectivity index is 3.08. The average Bonchev–Trinajstić information content (AvgIpc) is 2.15. The molecule has 0 heterocycles. The molecule has 1 rings (SSSR count). The van der Waals surface area contributed by atoms with Gasteiger partial charge in [0, 0.05) is 0 Å². The topological polar surface area (TPSA) is 43.1 Å². The molecule has 0 aliphatic carbocycles. The Morgan fingerprint density at radius 3 is 2.47 bits per heavy atom. The summed E-state index contributed by atoms with van der Waals surface area (Å²) in [7, 11) is 0. The summed E-state index contributed by atoms with van der Waals surface area (Å²) in [6.07, 6.45) is -4.40. The molecule has 0 saturated carbocycles. The minimum absolute atomic E-state index is 0.275. The van der Waals surface area contributed by atoms with Gasteiger partial charge >= 0.3 is 6.18 Å². The molecule has 5 heteroatoms. The van der Waals surface area contributed by atoms with Gasteiger partial charge in [-0.3, -0.25) is 4.79 Å². The largest absolute Gasteiger partial charge is 0.416 e. The van der Waals surface area contributed by atoms with Crippen LogP contribution in [0.2, 0.25) is 0 Å². The lowest BCUT2D eigenvalue weighted by atomic mass is 9.98. The van der Waals surface area contributed by atoms with Gasteiger partial charge in [-0.2, -0.15) is 13.2 Å². The van der Waals surface area contributed by atoms with Crippen molar-refractivity contribution in [3.05, 3.63) is 35.4 Å². The van der Waals surface area contributed by atoms with E-state index in [0.717, 1.165) is 12.1 Å². The summed E-state index contributed by atoms with van der Waals surface area (Å²) in [6, 6.07) is 4.61. The molecule has 0 aliphatic heterocycles. The fourth-order valence-corrected chi connectivity index (χ4v) is 1.15. The number of benzene rings is 1. The van der Waals surface area contributed by atoms with Crippen LogP contribution in [0.15, 0.2) is 24.3 Å². The molecule has 82 valence electrons. The zero-order valence-electron chi connectivity index (χ0n) is 8.01. The lowest BCUT2D eigenvalue weighted by Crippen LogP contribution is -2.19. The number of hydrogen-bond acceptors (Lipinski definition) is 1. The molecule has 0 fully saturated rings. The molecule has 0 aromatic heterocycles. The summed E-state index contributed by atoms with van der Waals surface area (Å²) in [6.45, 7) is 1.47. The van der Waals surface area contributed by atoms with Gasteiger partial charge in [-0.25, -0.2) is 0 Å². The number of halogens is 3. The third kappa shape index (κ3) is 2.71. The van der Waals surface area contributed by atoms with Crippen LogP contribution in [0.5, 0.6) is 0 Å². The smallest absolute Gasteiger partial charge is 0.369 e. The van der Waals surface area contributed by atoms with Crippen molar-refractivity contribution in [3.63, 3.8) is 0 Å². The number of hydrogen-bond donors (Lipinski definition) is 1. The van der Waals surface area contributed by atoms with Crippen molar-refractivity contribution in [2.75, 3.05) is 0 Å². The lowest BCUT2D eigenvalue weighted by Gasteiger charge is -2.11. The monoisotopic (exact) mass is 217 g/mol. The highest BCUT2D eigenvalue weighted by Crippen LogP contribution is 2.30. The van der Waals surface area contributed by atoms with Gasteiger partial charge in [-0.15, -0.1) is 0 Å². The number of primary amides is 1. The minimum atomic E-state index is -4.40. The van der Waals surface area contributed by atoms with Gasteiger partial charge in [0.05, 0.1) is 11.5 Å². The molecule has 0 radical (unpaired) electrons. The van der Waals surface area contributed by atoms with Gasteiger partial charge in [0.25, 0.3) is 0 Å². The zero-order valence-corrected chi connectivity index (χ0v) is 8.01. The van der Waals surface area contributed by atoms with Crippen molar-refractivity contribution in [1.82, 2.24) is 0 Å². The highest BCUT2D eigenvalue weighted by atomic mass is 19.4. The summed E-state index contributed by atoms with van der Waals surface area (Å²) in [4.78, 5) is 10.8. The Kier molecular flexibility index (Phi) is 3.02. The first kappa shape index (κ1) is 11.6. The lowest BCUT2D eigenvalue weighted by molar-refractivity contribution is -0.137. The van der Waals surface area contributed by atoms with Crippen LogP contribution in [0.1, 0.15) is 24.0 Å². The second kappa shape index (κ2) is 3.92. The summed E-state index contributed by atoms with van der Waals surface area (Å²) in [5, 5.41) is 0. The van der Waals surface area contributed by atoms with Gasteiger partial charge in [-0.1, -0.05) is 18.2 Å². The van der Waals surface area contributed by atoms with Gasteiger partial charge < -0.3 is 5.73 Å². The molecular weight excluding hydrogens is 207 g/mol. The van der Waals surface area contributed by atoms with E-state index in [9.17, 15) is 18.0 Å².